The lowest BCUT2D eigenvalue weighted by Crippen LogP contribution is -2.23. The van der Waals surface area contributed by atoms with E-state index in [4.69, 9.17) is 0 Å². The third-order valence-electron chi connectivity index (χ3n) is 3.76. The smallest absolute Gasteiger partial charge is 0.168 e. The number of rotatable bonds is 2. The highest BCUT2D eigenvalue weighted by atomic mass is 16.1. The first-order chi connectivity index (χ1) is 7.90. The van der Waals surface area contributed by atoms with Crippen LogP contribution >= 0.6 is 0 Å². The zero-order valence-electron chi connectivity index (χ0n) is 9.41. The summed E-state index contributed by atoms with van der Waals surface area (Å²) in [5.74, 6) is 0. The second kappa shape index (κ2) is 4.01. The Kier molecular flexibility index (Phi) is 2.52. The molecule has 2 aliphatic rings. The number of nitrogens with one attached hydrogen (secondary N) is 1. The van der Waals surface area contributed by atoms with Crippen LogP contribution in [-0.2, 0) is 13.0 Å². The molecule has 4 heteroatoms. The number of fused-ring (bicyclic) bond motifs is 1. The van der Waals surface area contributed by atoms with Gasteiger partial charge in [-0.1, -0.05) is 12.8 Å². The molecule has 0 amide bonds. The molecule has 0 radical (unpaired) electrons. The second-order valence-corrected chi connectivity index (χ2v) is 4.74. The van der Waals surface area contributed by atoms with Crippen molar-refractivity contribution in [3.05, 3.63) is 17.0 Å². The van der Waals surface area contributed by atoms with Gasteiger partial charge in [0.2, 0.25) is 0 Å². The highest BCUT2D eigenvalue weighted by Gasteiger charge is 2.25. The van der Waals surface area contributed by atoms with E-state index in [2.05, 4.69) is 10.4 Å². The quantitative estimate of drug-likeness (QED) is 0.766. The molecule has 4 nitrogen and oxygen atoms in total. The third-order valence-corrected chi connectivity index (χ3v) is 3.76. The Hall–Kier alpha value is -1.16. The van der Waals surface area contributed by atoms with Gasteiger partial charge in [0, 0.05) is 12.1 Å². The van der Waals surface area contributed by atoms with Crippen LogP contribution in [0.25, 0.3) is 0 Å². The van der Waals surface area contributed by atoms with Gasteiger partial charge in [-0.05, 0) is 25.8 Å². The molecular weight excluding hydrogens is 202 g/mol. The molecular formula is C12H17N3O. The molecule has 0 spiro atoms. The summed E-state index contributed by atoms with van der Waals surface area (Å²) >= 11 is 0. The first-order valence-electron chi connectivity index (χ1n) is 6.16. The number of nitrogens with zero attached hydrogens (tertiary/aromatic N) is 2. The monoisotopic (exact) mass is 219 g/mol. The van der Waals surface area contributed by atoms with Gasteiger partial charge in [0.1, 0.15) is 5.69 Å². The van der Waals surface area contributed by atoms with Crippen LogP contribution in [0.4, 0.5) is 0 Å². The Morgan fingerprint density at radius 3 is 2.94 bits per heavy atom. The fraction of sp³-hybridized carbons (Fsp3) is 0.667. The molecule has 1 aromatic rings. The molecule has 0 aromatic carbocycles. The van der Waals surface area contributed by atoms with Crippen LogP contribution in [0.1, 0.15) is 53.5 Å². The molecule has 1 aromatic heterocycles. The van der Waals surface area contributed by atoms with Gasteiger partial charge in [-0.25, -0.2) is 0 Å². The molecule has 2 heterocycles. The molecule has 1 N–H and O–H groups in total. The molecule has 3 rings (SSSR count). The van der Waals surface area contributed by atoms with Crippen molar-refractivity contribution in [2.75, 3.05) is 6.54 Å². The predicted molar refractivity (Wildman–Crippen MR) is 60.5 cm³/mol. The molecule has 1 saturated carbocycles. The summed E-state index contributed by atoms with van der Waals surface area (Å²) in [5, 5.41) is 7.93. The first-order valence-corrected chi connectivity index (χ1v) is 6.16. The zero-order valence-corrected chi connectivity index (χ0v) is 9.41. The van der Waals surface area contributed by atoms with E-state index < -0.39 is 0 Å². The van der Waals surface area contributed by atoms with Crippen LogP contribution in [0.3, 0.4) is 0 Å². The van der Waals surface area contributed by atoms with Crippen molar-refractivity contribution >= 4 is 6.29 Å². The van der Waals surface area contributed by atoms with Crippen molar-refractivity contribution < 1.29 is 4.79 Å². The zero-order chi connectivity index (χ0) is 11.0. The maximum atomic E-state index is 11.2. The van der Waals surface area contributed by atoms with Gasteiger partial charge in [0.25, 0.3) is 0 Å². The Balaban J connectivity index is 2.03. The number of hydrogen-bond acceptors (Lipinski definition) is 3. The maximum absolute atomic E-state index is 11.2. The average molecular weight is 219 g/mol. The van der Waals surface area contributed by atoms with Crippen LogP contribution in [0.2, 0.25) is 0 Å². The van der Waals surface area contributed by atoms with Crippen molar-refractivity contribution in [1.82, 2.24) is 15.1 Å². The van der Waals surface area contributed by atoms with Crippen LogP contribution in [-0.4, -0.2) is 22.6 Å². The molecule has 1 aliphatic heterocycles. The summed E-state index contributed by atoms with van der Waals surface area (Å²) in [6, 6.07) is 0.464. The first kappa shape index (κ1) is 10.0. The van der Waals surface area contributed by atoms with Gasteiger partial charge in [-0.15, -0.1) is 0 Å². The summed E-state index contributed by atoms with van der Waals surface area (Å²) in [6.45, 7) is 1.78. The lowest BCUT2D eigenvalue weighted by Gasteiger charge is -2.12. The summed E-state index contributed by atoms with van der Waals surface area (Å²) < 4.78 is 2.00. The van der Waals surface area contributed by atoms with Crippen LogP contribution < -0.4 is 5.32 Å². The molecule has 0 unspecified atom stereocenters. The minimum absolute atomic E-state index is 0.464. The molecule has 86 valence electrons. The largest absolute Gasteiger partial charge is 0.311 e. The Labute approximate surface area is 95.0 Å². The molecule has 0 bridgehead atoms. The minimum Gasteiger partial charge on any atom is -0.311 e. The highest BCUT2D eigenvalue weighted by Crippen LogP contribution is 2.31. The molecule has 16 heavy (non-hydrogen) atoms. The predicted octanol–water partition coefficient (Wildman–Crippen LogP) is 1.46. The number of carbonyl (C=O) groups excluding carboxylic acids is 1. The summed E-state index contributed by atoms with van der Waals surface area (Å²) in [4.78, 5) is 11.2. The average Bonchev–Trinajstić information content (AvgIpc) is 2.95. The van der Waals surface area contributed by atoms with Gasteiger partial charge in [0.05, 0.1) is 11.7 Å². The fourth-order valence-corrected chi connectivity index (χ4v) is 2.92. The minimum atomic E-state index is 0.464. The van der Waals surface area contributed by atoms with E-state index in [-0.39, 0.29) is 0 Å². The summed E-state index contributed by atoms with van der Waals surface area (Å²) in [5.41, 5.74) is 3.10. The Bertz CT molecular complexity index is 405. The van der Waals surface area contributed by atoms with E-state index in [0.29, 0.717) is 6.04 Å². The van der Waals surface area contributed by atoms with Crippen molar-refractivity contribution in [3.8, 4) is 0 Å². The summed E-state index contributed by atoms with van der Waals surface area (Å²) in [7, 11) is 0. The van der Waals surface area contributed by atoms with E-state index in [1.54, 1.807) is 0 Å². The lowest BCUT2D eigenvalue weighted by molar-refractivity contribution is 0.111. The van der Waals surface area contributed by atoms with Crippen LogP contribution in [0.5, 0.6) is 0 Å². The van der Waals surface area contributed by atoms with E-state index in [1.807, 2.05) is 4.68 Å². The lowest BCUT2D eigenvalue weighted by atomic mass is 10.1. The maximum Gasteiger partial charge on any atom is 0.168 e. The van der Waals surface area contributed by atoms with E-state index in [0.717, 1.165) is 37.2 Å². The molecule has 0 saturated heterocycles. The normalized spacial score (nSPS) is 21.0. The topological polar surface area (TPSA) is 46.9 Å². The number of aromatic nitrogens is 2. The number of aldehydes is 1. The van der Waals surface area contributed by atoms with Gasteiger partial charge in [-0.3, -0.25) is 9.48 Å². The van der Waals surface area contributed by atoms with Crippen LogP contribution in [0.15, 0.2) is 0 Å². The highest BCUT2D eigenvalue weighted by molar-refractivity contribution is 5.75. The van der Waals surface area contributed by atoms with Gasteiger partial charge < -0.3 is 5.32 Å². The number of carbonyl (C=O) groups is 1. The standard InChI is InChI=1S/C12H17N3O/c16-8-12-10-5-6-13-7-11(10)14-15(12)9-3-1-2-4-9/h8-9,13H,1-7H2. The van der Waals surface area contributed by atoms with Crippen molar-refractivity contribution in [2.45, 2.75) is 44.7 Å². The Morgan fingerprint density at radius 1 is 1.38 bits per heavy atom. The van der Waals surface area contributed by atoms with E-state index >= 15 is 0 Å². The number of hydrogen-bond donors (Lipinski definition) is 1. The van der Waals surface area contributed by atoms with Crippen molar-refractivity contribution in [3.63, 3.8) is 0 Å². The van der Waals surface area contributed by atoms with Crippen LogP contribution in [0, 0.1) is 0 Å². The molecule has 1 aliphatic carbocycles. The van der Waals surface area contributed by atoms with E-state index in [1.165, 1.54) is 31.2 Å². The third kappa shape index (κ3) is 1.48. The fourth-order valence-electron chi connectivity index (χ4n) is 2.92. The SMILES string of the molecule is O=Cc1c2c(nn1C1CCCC1)CNCC2. The van der Waals surface area contributed by atoms with Gasteiger partial charge in [-0.2, -0.15) is 5.10 Å². The van der Waals surface area contributed by atoms with E-state index in [9.17, 15) is 4.79 Å². The van der Waals surface area contributed by atoms with Gasteiger partial charge >= 0.3 is 0 Å². The van der Waals surface area contributed by atoms with Crippen molar-refractivity contribution in [1.29, 1.82) is 0 Å². The van der Waals surface area contributed by atoms with Crippen molar-refractivity contribution in [2.24, 2.45) is 0 Å². The molecule has 1 fully saturated rings. The second-order valence-electron chi connectivity index (χ2n) is 4.74. The summed E-state index contributed by atoms with van der Waals surface area (Å²) in [6.07, 6.45) is 6.83. The Morgan fingerprint density at radius 2 is 2.19 bits per heavy atom. The molecule has 0 atom stereocenters. The van der Waals surface area contributed by atoms with Gasteiger partial charge in [0.15, 0.2) is 6.29 Å².